The molecule has 1 saturated heterocycles. The molecule has 1 aliphatic heterocycles. The van der Waals surface area contributed by atoms with Crippen LogP contribution in [0.5, 0.6) is 0 Å². The van der Waals surface area contributed by atoms with Gasteiger partial charge in [0.15, 0.2) is 0 Å². The Morgan fingerprint density at radius 2 is 1.90 bits per heavy atom. The van der Waals surface area contributed by atoms with Crippen molar-refractivity contribution in [3.63, 3.8) is 0 Å². The van der Waals surface area contributed by atoms with Crippen LogP contribution in [0.1, 0.15) is 47.0 Å². The van der Waals surface area contributed by atoms with Gasteiger partial charge in [0, 0.05) is 0 Å². The van der Waals surface area contributed by atoms with Crippen molar-refractivity contribution >= 4 is 13.1 Å². The van der Waals surface area contributed by atoms with Gasteiger partial charge in [-0.3, -0.25) is 4.79 Å². The predicted octanol–water partition coefficient (Wildman–Crippen LogP) is 2.52. The largest absolute Gasteiger partial charge is 0.490 e. The molecular weight excluding hydrogens is 255 g/mol. The highest BCUT2D eigenvalue weighted by Crippen LogP contribution is 2.61. The van der Waals surface area contributed by atoms with Crippen molar-refractivity contribution in [1.29, 1.82) is 0 Å². The Balaban J connectivity index is 1.75. The van der Waals surface area contributed by atoms with Gasteiger partial charge in [-0.2, -0.15) is 0 Å². The van der Waals surface area contributed by atoms with E-state index in [1.54, 1.807) is 0 Å². The van der Waals surface area contributed by atoms with Gasteiger partial charge in [-0.1, -0.05) is 6.08 Å². The molecule has 0 bridgehead atoms. The number of hydrogen-bond donors (Lipinski definition) is 0. The summed E-state index contributed by atoms with van der Waals surface area (Å²) >= 11 is 0. The van der Waals surface area contributed by atoms with Crippen LogP contribution in [-0.4, -0.2) is 31.4 Å². The van der Waals surface area contributed by atoms with E-state index in [4.69, 9.17) is 14.0 Å². The van der Waals surface area contributed by atoms with Crippen molar-refractivity contribution < 1.29 is 18.8 Å². The van der Waals surface area contributed by atoms with E-state index in [0.29, 0.717) is 5.92 Å². The number of rotatable bonds is 2. The van der Waals surface area contributed by atoms with Gasteiger partial charge in [0.1, 0.15) is 0 Å². The van der Waals surface area contributed by atoms with E-state index in [0.717, 1.165) is 19.3 Å². The number of hydrogen-bond acceptors (Lipinski definition) is 4. The normalized spacial score (nSPS) is 37.1. The minimum Gasteiger partial charge on any atom is -0.469 e. The Labute approximate surface area is 121 Å². The second kappa shape index (κ2) is 4.11. The van der Waals surface area contributed by atoms with Crippen LogP contribution in [0.4, 0.5) is 0 Å². The highest BCUT2D eigenvalue weighted by Gasteiger charge is 2.62. The molecule has 110 valence electrons. The maximum absolute atomic E-state index is 11.9. The van der Waals surface area contributed by atoms with Crippen molar-refractivity contribution in [3.05, 3.63) is 11.5 Å². The second-order valence-corrected chi connectivity index (χ2v) is 7.29. The summed E-state index contributed by atoms with van der Waals surface area (Å²) in [7, 11) is 1.20. The van der Waals surface area contributed by atoms with E-state index in [1.165, 1.54) is 12.6 Å². The number of carbonyl (C=O) groups is 1. The van der Waals surface area contributed by atoms with Crippen LogP contribution in [0.15, 0.2) is 11.5 Å². The smallest absolute Gasteiger partial charge is 0.469 e. The molecule has 0 unspecified atom stereocenters. The lowest BCUT2D eigenvalue weighted by Gasteiger charge is -2.32. The summed E-state index contributed by atoms with van der Waals surface area (Å²) in [5.74, 6) is 0.240. The van der Waals surface area contributed by atoms with Crippen molar-refractivity contribution in [2.75, 3.05) is 7.11 Å². The number of fused-ring (bicyclic) bond motifs is 1. The Morgan fingerprint density at radius 3 is 2.40 bits per heavy atom. The first-order valence-corrected chi connectivity index (χ1v) is 7.36. The number of allylic oxidation sites excluding steroid dienone is 2. The van der Waals surface area contributed by atoms with Crippen molar-refractivity contribution in [1.82, 2.24) is 0 Å². The van der Waals surface area contributed by atoms with Crippen LogP contribution in [0.2, 0.25) is 0 Å². The molecule has 0 aromatic rings. The van der Waals surface area contributed by atoms with Crippen molar-refractivity contribution in [2.24, 2.45) is 11.3 Å². The van der Waals surface area contributed by atoms with Crippen LogP contribution in [0.3, 0.4) is 0 Å². The van der Waals surface area contributed by atoms with Gasteiger partial charge in [0.05, 0.1) is 23.7 Å². The highest BCUT2D eigenvalue weighted by molar-refractivity contribution is 6.54. The first kappa shape index (κ1) is 14.1. The van der Waals surface area contributed by atoms with Crippen molar-refractivity contribution in [3.8, 4) is 0 Å². The molecule has 2 aliphatic carbocycles. The SMILES string of the molecule is COC(=O)[C@@]12CCC(B3OC(C)(C)C(C)(C)O3)=C[C@@H]1C2. The predicted molar refractivity (Wildman–Crippen MR) is 76.0 cm³/mol. The fraction of sp³-hybridized carbons (Fsp3) is 0.800. The van der Waals surface area contributed by atoms with Crippen molar-refractivity contribution in [2.45, 2.75) is 58.2 Å². The summed E-state index contributed by atoms with van der Waals surface area (Å²) in [4.78, 5) is 11.9. The third kappa shape index (κ3) is 1.86. The van der Waals surface area contributed by atoms with E-state index in [2.05, 4.69) is 33.8 Å². The minimum atomic E-state index is -0.307. The van der Waals surface area contributed by atoms with Crippen LogP contribution >= 0.6 is 0 Å². The standard InChI is InChI=1S/C15H23BO4/c1-13(2)14(3,4)20-16(19-13)11-6-7-15(12(17)18-5)9-10(15)8-11/h8,10H,6-7,9H2,1-5H3/t10-,15-/m1/s1. The molecule has 0 radical (unpaired) electrons. The number of esters is 1. The van der Waals surface area contributed by atoms with Gasteiger partial charge in [-0.15, -0.1) is 0 Å². The molecule has 2 fully saturated rings. The molecule has 0 N–H and O–H groups in total. The van der Waals surface area contributed by atoms with E-state index in [-0.39, 0.29) is 29.7 Å². The summed E-state index contributed by atoms with van der Waals surface area (Å²) in [5.41, 5.74) is 0.324. The lowest BCUT2D eigenvalue weighted by atomic mass is 9.70. The molecule has 0 aromatic carbocycles. The Kier molecular flexibility index (Phi) is 2.90. The van der Waals surface area contributed by atoms with Gasteiger partial charge >= 0.3 is 13.1 Å². The summed E-state index contributed by atoms with van der Waals surface area (Å²) in [6, 6.07) is 0. The lowest BCUT2D eigenvalue weighted by molar-refractivity contribution is -0.147. The second-order valence-electron chi connectivity index (χ2n) is 7.29. The number of ether oxygens (including phenoxy) is 1. The van der Waals surface area contributed by atoms with Gasteiger partial charge in [-0.05, 0) is 58.3 Å². The summed E-state index contributed by atoms with van der Waals surface area (Å²) in [5, 5.41) is 0. The molecule has 1 heterocycles. The zero-order valence-electron chi connectivity index (χ0n) is 13.0. The first-order valence-electron chi connectivity index (χ1n) is 7.36. The molecule has 2 atom stereocenters. The average molecular weight is 278 g/mol. The summed E-state index contributed by atoms with van der Waals surface area (Å²) in [6.45, 7) is 8.25. The average Bonchev–Trinajstić information content (AvgIpc) is 3.05. The minimum absolute atomic E-state index is 0.0632. The van der Waals surface area contributed by atoms with E-state index in [1.807, 2.05) is 0 Å². The van der Waals surface area contributed by atoms with Crippen LogP contribution in [0, 0.1) is 11.3 Å². The quantitative estimate of drug-likeness (QED) is 0.575. The number of carbonyl (C=O) groups excluding carboxylic acids is 1. The van der Waals surface area contributed by atoms with Crippen LogP contribution < -0.4 is 0 Å². The third-order valence-electron chi connectivity index (χ3n) is 5.56. The first-order chi connectivity index (χ1) is 9.22. The maximum atomic E-state index is 11.9. The lowest BCUT2D eigenvalue weighted by Crippen LogP contribution is -2.41. The topological polar surface area (TPSA) is 44.8 Å². The molecule has 3 aliphatic rings. The molecule has 4 nitrogen and oxygen atoms in total. The summed E-state index contributed by atoms with van der Waals surface area (Å²) < 4.78 is 17.1. The Bertz CT molecular complexity index is 466. The fourth-order valence-electron chi connectivity index (χ4n) is 3.28. The molecule has 0 amide bonds. The fourth-order valence-corrected chi connectivity index (χ4v) is 3.28. The summed E-state index contributed by atoms with van der Waals surface area (Å²) in [6.07, 6.45) is 4.79. The molecule has 1 saturated carbocycles. The Hall–Kier alpha value is -0.805. The molecule has 0 aromatic heterocycles. The van der Waals surface area contributed by atoms with E-state index >= 15 is 0 Å². The molecule has 20 heavy (non-hydrogen) atoms. The Morgan fingerprint density at radius 1 is 1.30 bits per heavy atom. The van der Waals surface area contributed by atoms with Gasteiger partial charge in [0.2, 0.25) is 0 Å². The molecule has 3 rings (SSSR count). The zero-order valence-corrected chi connectivity index (χ0v) is 13.0. The highest BCUT2D eigenvalue weighted by atomic mass is 16.7. The maximum Gasteiger partial charge on any atom is 0.490 e. The van der Waals surface area contributed by atoms with Gasteiger partial charge < -0.3 is 14.0 Å². The molecule has 0 spiro atoms. The van der Waals surface area contributed by atoms with Gasteiger partial charge in [0.25, 0.3) is 0 Å². The molecular formula is C15H23BO4. The monoisotopic (exact) mass is 278 g/mol. The zero-order chi connectivity index (χ0) is 14.8. The van der Waals surface area contributed by atoms with E-state index < -0.39 is 0 Å². The van der Waals surface area contributed by atoms with Gasteiger partial charge in [-0.25, -0.2) is 0 Å². The number of methoxy groups -OCH3 is 1. The van der Waals surface area contributed by atoms with Crippen LogP contribution in [0.25, 0.3) is 0 Å². The van der Waals surface area contributed by atoms with E-state index in [9.17, 15) is 4.79 Å². The third-order valence-corrected chi connectivity index (χ3v) is 5.56. The van der Waals surface area contributed by atoms with Crippen LogP contribution in [-0.2, 0) is 18.8 Å². The molecule has 5 heteroatoms.